The van der Waals surface area contributed by atoms with Crippen LogP contribution in [0.15, 0.2) is 171 Å². The molecular weight excluding hydrogens is 1220 g/mol. The SMILES string of the molecule is COc1ccc(C(OC[C@H]2O[C@@H](n3cc(C)c(=O)[nH]c3=O)C[C@@H]2OP(=O)(O)O[C@@H](CCCNCCCNC(=O)OC(C)(C)C)[C@H]2O[C@@H](n3cc(C)c(=O)[nH]c3=O)C[C@@H]2O[Si](c2ccccc2)(c2ccccc2)C(C)(C)C)(c2ccccc2)c2ccc(OC)cc2)cc1. The highest BCUT2D eigenvalue weighted by atomic mass is 31.2. The van der Waals surface area contributed by atoms with Crippen LogP contribution in [0.3, 0.4) is 0 Å². The van der Waals surface area contributed by atoms with Crippen molar-refractivity contribution in [2.24, 2.45) is 0 Å². The number of phosphoric acid groups is 1. The zero-order valence-electron chi connectivity index (χ0n) is 53.8. The molecule has 492 valence electrons. The van der Waals surface area contributed by atoms with E-state index in [2.05, 4.69) is 41.4 Å². The van der Waals surface area contributed by atoms with Crippen LogP contribution in [0.25, 0.3) is 0 Å². The van der Waals surface area contributed by atoms with Gasteiger partial charge in [0.2, 0.25) is 0 Å². The van der Waals surface area contributed by atoms with Crippen LogP contribution in [0, 0.1) is 13.8 Å². The topological polar surface area (TPSA) is 271 Å². The molecular formula is C68H85N6O16PSi. The van der Waals surface area contributed by atoms with Crippen LogP contribution in [-0.4, -0.2) is 115 Å². The third-order valence-corrected chi connectivity index (χ3v) is 22.7. The number of amides is 1. The van der Waals surface area contributed by atoms with E-state index in [-0.39, 0.29) is 37.0 Å². The maximum absolute atomic E-state index is 15.5. The van der Waals surface area contributed by atoms with E-state index in [4.69, 9.17) is 41.9 Å². The summed E-state index contributed by atoms with van der Waals surface area (Å²) in [5, 5.41) is 7.48. The van der Waals surface area contributed by atoms with Crippen molar-refractivity contribution in [1.29, 1.82) is 0 Å². The Hall–Kier alpha value is -7.54. The number of aromatic nitrogens is 4. The lowest BCUT2D eigenvalue weighted by molar-refractivity contribution is -0.101. The highest BCUT2D eigenvalue weighted by Gasteiger charge is 2.56. The minimum absolute atomic E-state index is 0.0380. The molecule has 1 amide bonds. The normalized spacial score (nSPS) is 19.7. The summed E-state index contributed by atoms with van der Waals surface area (Å²) in [7, 11) is -5.69. The van der Waals surface area contributed by atoms with Crippen molar-refractivity contribution in [3.63, 3.8) is 0 Å². The highest BCUT2D eigenvalue weighted by molar-refractivity contribution is 7.47. The van der Waals surface area contributed by atoms with Crippen molar-refractivity contribution in [2.45, 2.75) is 147 Å². The molecule has 0 saturated carbocycles. The van der Waals surface area contributed by atoms with Gasteiger partial charge < -0.3 is 48.4 Å². The smallest absolute Gasteiger partial charge is 0.472 e. The van der Waals surface area contributed by atoms with Gasteiger partial charge >= 0.3 is 25.3 Å². The monoisotopic (exact) mass is 1300 g/mol. The zero-order chi connectivity index (χ0) is 66.0. The van der Waals surface area contributed by atoms with Crippen molar-refractivity contribution >= 4 is 32.6 Å². The Morgan fingerprint density at radius 3 is 1.64 bits per heavy atom. The molecule has 0 spiro atoms. The summed E-state index contributed by atoms with van der Waals surface area (Å²) in [6, 6.07) is 44.2. The van der Waals surface area contributed by atoms with Crippen LogP contribution in [0.1, 0.15) is 114 Å². The second kappa shape index (κ2) is 29.6. The molecule has 0 radical (unpaired) electrons. The zero-order valence-corrected chi connectivity index (χ0v) is 55.6. The molecule has 5 N–H and O–H groups in total. The number of aromatic amines is 2. The van der Waals surface area contributed by atoms with Crippen LogP contribution >= 0.6 is 7.82 Å². The van der Waals surface area contributed by atoms with E-state index < -0.39 is 104 Å². The number of carbonyl (C=O) groups is 1. The fraction of sp³-hybridized carbons (Fsp3) is 0.426. The maximum Gasteiger partial charge on any atom is 0.472 e. The Balaban J connectivity index is 1.10. The van der Waals surface area contributed by atoms with Gasteiger partial charge in [0, 0.05) is 42.9 Å². The van der Waals surface area contributed by atoms with Crippen molar-refractivity contribution in [1.82, 2.24) is 29.7 Å². The van der Waals surface area contributed by atoms with Crippen LogP contribution in [0.2, 0.25) is 5.04 Å². The molecule has 7 aromatic rings. The third kappa shape index (κ3) is 16.1. The van der Waals surface area contributed by atoms with Gasteiger partial charge in [0.05, 0.1) is 33.0 Å². The standard InChI is InChI=1S/C68H85N6O16PSi/c1-45-42-73(63(77)71-61(45)75)58-40-55(57(85-58)44-84-68(47-22-14-11-15-23-47,48-29-33-50(82-9)34-30-48)49-31-35-51(83-10)36-32-49)89-91(80,81)88-54(28-20-37-69-38-21-39-70-65(79)87-66(3,4)5)60-56(41-59(86-60)74-43-46(2)62(76)72-64(74)78)90-92(67(6,7)8,52-24-16-12-17-25-52)53-26-18-13-19-27-53/h11-19,22-27,29-36,42-43,54-60,69H,20-21,28,37-41,44H2,1-10H3,(H,70,79)(H,80,81)(H,71,75,77)(H,72,76,78)/t54-,55-,56-,57+,58+,59+,60+/m0/s1. The predicted octanol–water partition coefficient (Wildman–Crippen LogP) is 8.41. The van der Waals surface area contributed by atoms with E-state index in [0.717, 1.165) is 10.4 Å². The number of phosphoric ester groups is 1. The molecule has 2 aliphatic rings. The second-order valence-electron chi connectivity index (χ2n) is 25.2. The molecule has 24 heteroatoms. The molecule has 22 nitrogen and oxygen atoms in total. The van der Waals surface area contributed by atoms with Gasteiger partial charge in [-0.15, -0.1) is 0 Å². The molecule has 5 aromatic carbocycles. The first-order valence-electron chi connectivity index (χ1n) is 30.9. The molecule has 0 aliphatic carbocycles. The van der Waals surface area contributed by atoms with E-state index in [9.17, 15) is 28.9 Å². The van der Waals surface area contributed by atoms with Crippen molar-refractivity contribution < 1.29 is 56.1 Å². The summed E-state index contributed by atoms with van der Waals surface area (Å²) in [4.78, 5) is 82.9. The Bertz CT molecular complexity index is 3790. The van der Waals surface area contributed by atoms with Gasteiger partial charge in [0.25, 0.3) is 19.4 Å². The molecule has 9 rings (SSSR count). The van der Waals surface area contributed by atoms with Gasteiger partial charge in [-0.2, -0.15) is 0 Å². The van der Waals surface area contributed by atoms with E-state index in [0.29, 0.717) is 60.7 Å². The lowest BCUT2D eigenvalue weighted by atomic mass is 9.80. The summed E-state index contributed by atoms with van der Waals surface area (Å²) in [6.07, 6.45) is -5.14. The van der Waals surface area contributed by atoms with Crippen LogP contribution in [0.5, 0.6) is 11.5 Å². The van der Waals surface area contributed by atoms with E-state index in [1.54, 1.807) is 48.8 Å². The highest BCUT2D eigenvalue weighted by Crippen LogP contribution is 2.53. The molecule has 1 unspecified atom stereocenters. The summed E-state index contributed by atoms with van der Waals surface area (Å²) < 4.78 is 76.4. The number of benzene rings is 5. The molecule has 8 atom stereocenters. The lowest BCUT2D eigenvalue weighted by Gasteiger charge is -2.45. The Morgan fingerprint density at radius 1 is 0.663 bits per heavy atom. The molecule has 4 heterocycles. The van der Waals surface area contributed by atoms with Gasteiger partial charge in [-0.1, -0.05) is 136 Å². The van der Waals surface area contributed by atoms with Gasteiger partial charge in [0.15, 0.2) is 0 Å². The fourth-order valence-electron chi connectivity index (χ4n) is 12.1. The first-order valence-corrected chi connectivity index (χ1v) is 34.3. The second-order valence-corrected chi connectivity index (χ2v) is 30.8. The third-order valence-electron chi connectivity index (χ3n) is 16.5. The number of H-pyrrole nitrogens is 2. The lowest BCUT2D eigenvalue weighted by Crippen LogP contribution is -2.68. The molecule has 2 saturated heterocycles. The number of nitrogens with one attached hydrogen (secondary N) is 4. The number of ether oxygens (including phenoxy) is 6. The van der Waals surface area contributed by atoms with E-state index >= 15 is 4.57 Å². The average molecular weight is 1300 g/mol. The molecule has 2 fully saturated rings. The summed E-state index contributed by atoms with van der Waals surface area (Å²) >= 11 is 0. The number of aryl methyl sites for hydroxylation is 2. The number of alkyl carbamates (subject to hydrolysis) is 1. The number of hydrogen-bond acceptors (Lipinski definition) is 16. The quantitative estimate of drug-likeness (QED) is 0.0140. The Labute approximate surface area is 536 Å². The number of rotatable bonds is 27. The molecule has 2 aliphatic heterocycles. The molecule has 0 bridgehead atoms. The van der Waals surface area contributed by atoms with Gasteiger partial charge in [-0.05, 0) is 123 Å². The number of methoxy groups -OCH3 is 2. The molecule has 2 aromatic heterocycles. The molecule has 92 heavy (non-hydrogen) atoms. The van der Waals surface area contributed by atoms with Crippen LogP contribution in [0.4, 0.5) is 4.79 Å². The van der Waals surface area contributed by atoms with Crippen molar-refractivity contribution in [3.8, 4) is 11.5 Å². The van der Waals surface area contributed by atoms with Gasteiger partial charge in [0.1, 0.15) is 53.5 Å². The average Bonchev–Trinajstić information content (AvgIpc) is 1.07. The largest absolute Gasteiger partial charge is 0.497 e. The van der Waals surface area contributed by atoms with E-state index in [1.165, 1.54) is 21.5 Å². The first kappa shape index (κ1) is 68.8. The maximum atomic E-state index is 15.5. The first-order chi connectivity index (χ1) is 43.8. The predicted molar refractivity (Wildman–Crippen MR) is 350 cm³/mol. The minimum atomic E-state index is -5.35. The van der Waals surface area contributed by atoms with Gasteiger partial charge in [-0.25, -0.2) is 18.9 Å². The summed E-state index contributed by atoms with van der Waals surface area (Å²) in [6.45, 7) is 15.7. The van der Waals surface area contributed by atoms with Crippen LogP contribution in [-0.2, 0) is 42.6 Å². The summed E-state index contributed by atoms with van der Waals surface area (Å²) in [5.41, 5.74) is -2.19. The van der Waals surface area contributed by atoms with Crippen molar-refractivity contribution in [2.75, 3.05) is 40.5 Å². The van der Waals surface area contributed by atoms with Gasteiger partial charge in [-0.3, -0.25) is 37.7 Å². The van der Waals surface area contributed by atoms with Crippen LogP contribution < -0.4 is 53.0 Å². The summed E-state index contributed by atoms with van der Waals surface area (Å²) in [5.74, 6) is 1.19. The Kier molecular flexibility index (Phi) is 22.1. The van der Waals surface area contributed by atoms with E-state index in [1.807, 2.05) is 140 Å². The number of hydrogen-bond donors (Lipinski definition) is 5. The number of nitrogens with zero attached hydrogens (tertiary/aromatic N) is 2. The number of carbonyl (C=O) groups excluding carboxylic acids is 1. The fourth-order valence-corrected chi connectivity index (χ4v) is 18.0. The van der Waals surface area contributed by atoms with Crippen molar-refractivity contribution in [3.05, 3.63) is 221 Å². The Morgan fingerprint density at radius 2 is 1.14 bits per heavy atom. The minimum Gasteiger partial charge on any atom is -0.497 e.